The molecule has 1 heterocycles. The summed E-state index contributed by atoms with van der Waals surface area (Å²) >= 11 is 0. The van der Waals surface area contributed by atoms with E-state index < -0.39 is 16.1 Å². The van der Waals surface area contributed by atoms with Crippen molar-refractivity contribution >= 4 is 10.0 Å². The topological polar surface area (TPSA) is 80.6 Å². The molecule has 0 aliphatic carbocycles. The van der Waals surface area contributed by atoms with Crippen molar-refractivity contribution in [3.05, 3.63) is 47.3 Å². The van der Waals surface area contributed by atoms with Crippen molar-refractivity contribution < 1.29 is 18.3 Å². The Bertz CT molecular complexity index is 789. The maximum atomic E-state index is 12.5. The van der Waals surface area contributed by atoms with Crippen LogP contribution in [0.25, 0.3) is 0 Å². The molecular formula is C17H24N2O4S. The van der Waals surface area contributed by atoms with Gasteiger partial charge in [0.1, 0.15) is 11.9 Å². The molecule has 2 aromatic rings. The fraction of sp³-hybridized carbons (Fsp3) is 0.412. The summed E-state index contributed by atoms with van der Waals surface area (Å²) in [5.41, 5.74) is 2.18. The molecule has 1 atom stereocenters. The van der Waals surface area contributed by atoms with E-state index in [4.69, 9.17) is 4.74 Å². The number of nitrogens with zero attached hydrogens (tertiary/aromatic N) is 1. The molecule has 0 aliphatic rings. The van der Waals surface area contributed by atoms with Crippen LogP contribution in [0.1, 0.15) is 29.8 Å². The minimum atomic E-state index is -3.71. The minimum Gasteiger partial charge on any atom is -0.493 e. The van der Waals surface area contributed by atoms with Gasteiger partial charge in [-0.15, -0.1) is 0 Å². The molecule has 24 heavy (non-hydrogen) atoms. The third-order valence-corrected chi connectivity index (χ3v) is 5.23. The van der Waals surface area contributed by atoms with E-state index in [2.05, 4.69) is 4.72 Å². The van der Waals surface area contributed by atoms with E-state index in [1.165, 1.54) is 0 Å². The third-order valence-electron chi connectivity index (χ3n) is 3.82. The molecule has 1 aromatic heterocycles. The zero-order chi connectivity index (χ0) is 17.9. The lowest BCUT2D eigenvalue weighted by Gasteiger charge is -2.16. The molecule has 7 heteroatoms. The molecule has 0 radical (unpaired) electrons. The average molecular weight is 352 g/mol. The molecule has 0 bridgehead atoms. The van der Waals surface area contributed by atoms with E-state index in [1.54, 1.807) is 42.1 Å². The standard InChI is InChI=1S/C17H24N2O4S/c1-5-23-17-12(2)9-14(10-13(17)3)24(21,22)18-11-16(20)15-7-6-8-19(15)4/h6-10,16,18,20H,5,11H2,1-4H3. The van der Waals surface area contributed by atoms with Crippen LogP contribution in [-0.4, -0.2) is 31.2 Å². The summed E-state index contributed by atoms with van der Waals surface area (Å²) < 4.78 is 34.7. The highest BCUT2D eigenvalue weighted by Gasteiger charge is 2.20. The number of ether oxygens (including phenoxy) is 1. The molecular weight excluding hydrogens is 328 g/mol. The monoisotopic (exact) mass is 352 g/mol. The molecule has 6 nitrogen and oxygen atoms in total. The number of nitrogens with one attached hydrogen (secondary N) is 1. The summed E-state index contributed by atoms with van der Waals surface area (Å²) in [7, 11) is -1.91. The van der Waals surface area contributed by atoms with Crippen molar-refractivity contribution in [2.24, 2.45) is 7.05 Å². The summed E-state index contributed by atoms with van der Waals surface area (Å²) in [6.07, 6.45) is 0.885. The number of aromatic nitrogens is 1. The quantitative estimate of drug-likeness (QED) is 0.799. The lowest BCUT2D eigenvalue weighted by atomic mass is 10.1. The van der Waals surface area contributed by atoms with E-state index in [1.807, 2.05) is 20.8 Å². The van der Waals surface area contributed by atoms with Gasteiger partial charge in [-0.3, -0.25) is 0 Å². The van der Waals surface area contributed by atoms with Crippen molar-refractivity contribution in [1.82, 2.24) is 9.29 Å². The number of aliphatic hydroxyl groups is 1. The zero-order valence-corrected chi connectivity index (χ0v) is 15.2. The molecule has 1 unspecified atom stereocenters. The first-order valence-corrected chi connectivity index (χ1v) is 9.27. The second-order valence-corrected chi connectivity index (χ2v) is 7.50. The predicted molar refractivity (Wildman–Crippen MR) is 92.6 cm³/mol. The molecule has 0 fully saturated rings. The fourth-order valence-electron chi connectivity index (χ4n) is 2.63. The summed E-state index contributed by atoms with van der Waals surface area (Å²) in [4.78, 5) is 0.167. The Balaban J connectivity index is 2.17. The van der Waals surface area contributed by atoms with Crippen LogP contribution in [0.5, 0.6) is 5.75 Å². The van der Waals surface area contributed by atoms with Gasteiger partial charge in [-0.1, -0.05) is 0 Å². The second-order valence-electron chi connectivity index (χ2n) is 5.73. The molecule has 0 saturated heterocycles. The number of sulfonamides is 1. The molecule has 2 rings (SSSR count). The Labute approximate surface area is 143 Å². The van der Waals surface area contributed by atoms with E-state index in [9.17, 15) is 13.5 Å². The Kier molecular flexibility index (Phi) is 5.69. The second kappa shape index (κ2) is 7.38. The van der Waals surface area contributed by atoms with Crippen LogP contribution < -0.4 is 9.46 Å². The number of rotatable bonds is 7. The maximum Gasteiger partial charge on any atom is 0.240 e. The van der Waals surface area contributed by atoms with Gasteiger partial charge in [-0.2, -0.15) is 0 Å². The van der Waals surface area contributed by atoms with Crippen LogP contribution in [0.4, 0.5) is 0 Å². The molecule has 0 aliphatic heterocycles. The van der Waals surface area contributed by atoms with Gasteiger partial charge in [0.25, 0.3) is 0 Å². The first-order chi connectivity index (χ1) is 11.3. The Hall–Kier alpha value is -1.83. The van der Waals surface area contributed by atoms with Crippen LogP contribution >= 0.6 is 0 Å². The smallest absolute Gasteiger partial charge is 0.240 e. The third kappa shape index (κ3) is 3.98. The molecule has 2 N–H and O–H groups in total. The van der Waals surface area contributed by atoms with Gasteiger partial charge in [-0.25, -0.2) is 13.1 Å². The van der Waals surface area contributed by atoms with Gasteiger partial charge in [0.2, 0.25) is 10.0 Å². The van der Waals surface area contributed by atoms with Crippen LogP contribution in [0, 0.1) is 13.8 Å². The fourth-order valence-corrected chi connectivity index (χ4v) is 3.84. The number of aliphatic hydroxyl groups excluding tert-OH is 1. The van der Waals surface area contributed by atoms with Gasteiger partial charge in [0.05, 0.1) is 11.5 Å². The average Bonchev–Trinajstić information content (AvgIpc) is 2.94. The minimum absolute atomic E-state index is 0.0918. The predicted octanol–water partition coefficient (Wildman–Crippen LogP) is 2.05. The molecule has 0 amide bonds. The molecule has 1 aromatic carbocycles. The lowest BCUT2D eigenvalue weighted by Crippen LogP contribution is -2.29. The highest BCUT2D eigenvalue weighted by molar-refractivity contribution is 7.89. The summed E-state index contributed by atoms with van der Waals surface area (Å²) in [6.45, 7) is 5.95. The first-order valence-electron chi connectivity index (χ1n) is 7.79. The maximum absolute atomic E-state index is 12.5. The van der Waals surface area contributed by atoms with E-state index in [0.717, 1.165) is 11.1 Å². The highest BCUT2D eigenvalue weighted by atomic mass is 32.2. The van der Waals surface area contributed by atoms with Crippen LogP contribution in [-0.2, 0) is 17.1 Å². The van der Waals surface area contributed by atoms with Crippen molar-refractivity contribution in [1.29, 1.82) is 0 Å². The SMILES string of the molecule is CCOc1c(C)cc(S(=O)(=O)NCC(O)c2cccn2C)cc1C. The van der Waals surface area contributed by atoms with Crippen molar-refractivity contribution in [2.75, 3.05) is 13.2 Å². The van der Waals surface area contributed by atoms with Gasteiger partial charge in [-0.05, 0) is 56.2 Å². The van der Waals surface area contributed by atoms with Crippen molar-refractivity contribution in [3.8, 4) is 5.75 Å². The van der Waals surface area contributed by atoms with Gasteiger partial charge in [0, 0.05) is 25.5 Å². The van der Waals surface area contributed by atoms with Gasteiger partial charge in [0.15, 0.2) is 0 Å². The normalized spacial score (nSPS) is 13.0. The molecule has 132 valence electrons. The van der Waals surface area contributed by atoms with Gasteiger partial charge >= 0.3 is 0 Å². The van der Waals surface area contributed by atoms with Gasteiger partial charge < -0.3 is 14.4 Å². The number of benzene rings is 1. The largest absolute Gasteiger partial charge is 0.493 e. The van der Waals surface area contributed by atoms with E-state index in [0.29, 0.717) is 18.1 Å². The zero-order valence-electron chi connectivity index (χ0n) is 14.4. The highest BCUT2D eigenvalue weighted by Crippen LogP contribution is 2.27. The number of hydrogen-bond acceptors (Lipinski definition) is 4. The summed E-state index contributed by atoms with van der Waals surface area (Å²) in [6, 6.07) is 6.71. The summed E-state index contributed by atoms with van der Waals surface area (Å²) in [5.74, 6) is 0.709. The lowest BCUT2D eigenvalue weighted by molar-refractivity contribution is 0.173. The molecule has 0 spiro atoms. The van der Waals surface area contributed by atoms with E-state index in [-0.39, 0.29) is 11.4 Å². The van der Waals surface area contributed by atoms with Crippen LogP contribution in [0.15, 0.2) is 35.4 Å². The Morgan fingerprint density at radius 3 is 2.42 bits per heavy atom. The van der Waals surface area contributed by atoms with Crippen molar-refractivity contribution in [3.63, 3.8) is 0 Å². The first kappa shape index (κ1) is 18.5. The Morgan fingerprint density at radius 1 is 1.29 bits per heavy atom. The summed E-state index contributed by atoms with van der Waals surface area (Å²) in [5, 5.41) is 10.2. The number of aryl methyl sites for hydroxylation is 3. The Morgan fingerprint density at radius 2 is 1.92 bits per heavy atom. The van der Waals surface area contributed by atoms with Crippen LogP contribution in [0.2, 0.25) is 0 Å². The number of hydrogen-bond donors (Lipinski definition) is 2. The van der Waals surface area contributed by atoms with E-state index >= 15 is 0 Å². The van der Waals surface area contributed by atoms with Crippen LogP contribution in [0.3, 0.4) is 0 Å². The molecule has 0 saturated carbocycles. The van der Waals surface area contributed by atoms with Crippen molar-refractivity contribution in [2.45, 2.75) is 31.8 Å².